The molecule has 1 aromatic heterocycles. The summed E-state index contributed by atoms with van der Waals surface area (Å²) in [4.78, 5) is 1.03. The van der Waals surface area contributed by atoms with E-state index in [-0.39, 0.29) is 5.92 Å². The standard InChI is InChI=1S/C34H29BS2/c1-20-21(2)33(35)34-32(31(20)26-12-8-5-9-13-26)28-18-29(36)27(19-30(28)37-34)22(3)23-14-16-25(17-15-23)24-10-6-4-7-11-24/h4-8,10-12,14-19,22,36H,9,13H2,1-3H3. The molecule has 4 aromatic carbocycles. The van der Waals surface area contributed by atoms with E-state index in [1.54, 1.807) is 0 Å². The van der Waals surface area contributed by atoms with Crippen molar-refractivity contribution in [1.82, 2.24) is 0 Å². The molecule has 2 radical (unpaired) electrons. The number of thiophene rings is 1. The SMILES string of the molecule is [B]c1c(C)c(C)c(C2=CC=CCC2)c2c1sc1cc(C(C)c3ccc(-c4ccccc4)cc3)c(S)cc12. The predicted octanol–water partition coefficient (Wildman–Crippen LogP) is 9.31. The second kappa shape index (κ2) is 9.70. The lowest BCUT2D eigenvalue weighted by molar-refractivity contribution is 0.899. The summed E-state index contributed by atoms with van der Waals surface area (Å²) < 4.78 is 2.48. The highest BCUT2D eigenvalue weighted by atomic mass is 32.1. The van der Waals surface area contributed by atoms with Crippen LogP contribution in [0.25, 0.3) is 36.9 Å². The molecule has 3 heteroatoms. The van der Waals surface area contributed by atoms with Gasteiger partial charge in [-0.25, -0.2) is 0 Å². The van der Waals surface area contributed by atoms with Gasteiger partial charge in [-0.3, -0.25) is 0 Å². The summed E-state index contributed by atoms with van der Waals surface area (Å²) in [5.41, 5.74) is 11.2. The fourth-order valence-corrected chi connectivity index (χ4v) is 7.31. The molecule has 6 rings (SSSR count). The zero-order valence-electron chi connectivity index (χ0n) is 21.5. The molecule has 1 heterocycles. The van der Waals surface area contributed by atoms with Gasteiger partial charge in [0.2, 0.25) is 0 Å². The van der Waals surface area contributed by atoms with Crippen LogP contribution in [-0.4, -0.2) is 7.85 Å². The van der Waals surface area contributed by atoms with Gasteiger partial charge in [0.05, 0.1) is 0 Å². The number of benzene rings is 4. The van der Waals surface area contributed by atoms with Crippen LogP contribution < -0.4 is 5.46 Å². The lowest BCUT2D eigenvalue weighted by atomic mass is 9.81. The first-order valence-corrected chi connectivity index (χ1v) is 14.2. The number of hydrogen-bond acceptors (Lipinski definition) is 2. The Kier molecular flexibility index (Phi) is 6.38. The van der Waals surface area contributed by atoms with Crippen molar-refractivity contribution in [2.45, 2.75) is 44.4 Å². The minimum atomic E-state index is 0.235. The van der Waals surface area contributed by atoms with Crippen molar-refractivity contribution in [2.24, 2.45) is 0 Å². The third-order valence-corrected chi connectivity index (χ3v) is 9.57. The van der Waals surface area contributed by atoms with Crippen molar-refractivity contribution in [3.8, 4) is 11.1 Å². The van der Waals surface area contributed by atoms with Crippen LogP contribution in [0.1, 0.15) is 53.5 Å². The van der Waals surface area contributed by atoms with Gasteiger partial charge in [-0.15, -0.1) is 24.0 Å². The summed E-state index contributed by atoms with van der Waals surface area (Å²) in [6, 6.07) is 24.1. The summed E-state index contributed by atoms with van der Waals surface area (Å²) in [7, 11) is 6.73. The maximum absolute atomic E-state index is 6.73. The maximum Gasteiger partial charge on any atom is 0.116 e. The molecule has 1 unspecified atom stereocenters. The first-order chi connectivity index (χ1) is 17.9. The Morgan fingerprint density at radius 3 is 2.35 bits per heavy atom. The molecule has 0 saturated carbocycles. The van der Waals surface area contributed by atoms with Gasteiger partial charge in [0.15, 0.2) is 0 Å². The Bertz CT molecular complexity index is 1700. The highest BCUT2D eigenvalue weighted by molar-refractivity contribution is 7.80. The second-order valence-electron chi connectivity index (χ2n) is 10.1. The molecule has 0 N–H and O–H groups in total. The number of hydrogen-bond donors (Lipinski definition) is 1. The van der Waals surface area contributed by atoms with Crippen molar-refractivity contribution < 1.29 is 0 Å². The smallest absolute Gasteiger partial charge is 0.116 e. The van der Waals surface area contributed by atoms with E-state index in [4.69, 9.17) is 20.5 Å². The van der Waals surface area contributed by atoms with Gasteiger partial charge in [0, 0.05) is 31.0 Å². The molecule has 0 amide bonds. The van der Waals surface area contributed by atoms with Gasteiger partial charge in [0.25, 0.3) is 0 Å². The molecule has 0 fully saturated rings. The maximum atomic E-state index is 6.73. The Labute approximate surface area is 230 Å². The van der Waals surface area contributed by atoms with E-state index in [0.717, 1.165) is 23.2 Å². The lowest BCUT2D eigenvalue weighted by Crippen LogP contribution is -2.12. The van der Waals surface area contributed by atoms with Crippen molar-refractivity contribution in [2.75, 3.05) is 0 Å². The zero-order chi connectivity index (χ0) is 25.7. The third kappa shape index (κ3) is 4.19. The average molecular weight is 513 g/mol. The first-order valence-electron chi connectivity index (χ1n) is 12.9. The topological polar surface area (TPSA) is 0 Å². The molecule has 37 heavy (non-hydrogen) atoms. The molecule has 1 aliphatic rings. The normalized spacial score (nSPS) is 14.3. The second-order valence-corrected chi connectivity index (χ2v) is 11.7. The van der Waals surface area contributed by atoms with Crippen LogP contribution in [0.15, 0.2) is 89.9 Å². The quantitative estimate of drug-likeness (QED) is 0.180. The van der Waals surface area contributed by atoms with Crippen LogP contribution in [0.4, 0.5) is 0 Å². The Hall–Kier alpha value is -3.01. The molecule has 0 bridgehead atoms. The summed E-state index contributed by atoms with van der Waals surface area (Å²) in [5.74, 6) is 0.235. The first kappa shape index (κ1) is 24.3. The van der Waals surface area contributed by atoms with E-state index in [2.05, 4.69) is 106 Å². The highest BCUT2D eigenvalue weighted by Gasteiger charge is 2.21. The molecule has 180 valence electrons. The van der Waals surface area contributed by atoms with Crippen molar-refractivity contribution >= 4 is 63.0 Å². The van der Waals surface area contributed by atoms with Crippen LogP contribution in [0.3, 0.4) is 0 Å². The molecular formula is C34H29BS2. The molecular weight excluding hydrogens is 483 g/mol. The van der Waals surface area contributed by atoms with Crippen LogP contribution >= 0.6 is 24.0 Å². The Morgan fingerprint density at radius 1 is 0.919 bits per heavy atom. The Morgan fingerprint density at radius 2 is 1.65 bits per heavy atom. The van der Waals surface area contributed by atoms with E-state index in [1.807, 2.05) is 11.3 Å². The predicted molar refractivity (Wildman–Crippen MR) is 167 cm³/mol. The minimum Gasteiger partial charge on any atom is -0.143 e. The highest BCUT2D eigenvalue weighted by Crippen LogP contribution is 2.44. The summed E-state index contributed by atoms with van der Waals surface area (Å²) in [5, 5.41) is 2.56. The van der Waals surface area contributed by atoms with Crippen LogP contribution in [0.2, 0.25) is 0 Å². The summed E-state index contributed by atoms with van der Waals surface area (Å²) in [6.07, 6.45) is 8.87. The van der Waals surface area contributed by atoms with Crippen LogP contribution in [-0.2, 0) is 0 Å². The van der Waals surface area contributed by atoms with Gasteiger partial charge in [0.1, 0.15) is 7.85 Å². The molecule has 5 aromatic rings. The lowest BCUT2D eigenvalue weighted by Gasteiger charge is -2.19. The zero-order valence-corrected chi connectivity index (χ0v) is 23.2. The Balaban J connectivity index is 1.48. The van der Waals surface area contributed by atoms with Crippen LogP contribution in [0.5, 0.6) is 0 Å². The van der Waals surface area contributed by atoms with E-state index >= 15 is 0 Å². The fraction of sp³-hybridized carbons (Fsp3) is 0.176. The van der Waals surface area contributed by atoms with Crippen LogP contribution in [0, 0.1) is 13.8 Å². The number of fused-ring (bicyclic) bond motifs is 3. The van der Waals surface area contributed by atoms with E-state index < -0.39 is 0 Å². The molecule has 0 nitrogen and oxygen atoms in total. The van der Waals surface area contributed by atoms with Crippen molar-refractivity contribution in [3.05, 3.63) is 113 Å². The molecule has 1 aliphatic carbocycles. The molecule has 0 aliphatic heterocycles. The fourth-order valence-electron chi connectivity index (χ4n) is 5.67. The van der Waals surface area contributed by atoms with Crippen molar-refractivity contribution in [3.63, 3.8) is 0 Å². The van der Waals surface area contributed by atoms with E-state index in [9.17, 15) is 0 Å². The van der Waals surface area contributed by atoms with Gasteiger partial charge in [-0.2, -0.15) is 0 Å². The monoisotopic (exact) mass is 512 g/mol. The average Bonchev–Trinajstić information content (AvgIpc) is 3.30. The molecule has 0 spiro atoms. The molecule has 0 saturated heterocycles. The van der Waals surface area contributed by atoms with Crippen molar-refractivity contribution in [1.29, 1.82) is 0 Å². The summed E-state index contributed by atoms with van der Waals surface area (Å²) >= 11 is 6.84. The third-order valence-electron chi connectivity index (χ3n) is 7.99. The largest absolute Gasteiger partial charge is 0.143 e. The summed E-state index contributed by atoms with van der Waals surface area (Å²) in [6.45, 7) is 6.66. The van der Waals surface area contributed by atoms with Gasteiger partial charge in [-0.05, 0) is 77.8 Å². The number of allylic oxidation sites excluding steroid dienone is 4. The number of thiol groups is 1. The minimum absolute atomic E-state index is 0.235. The number of rotatable bonds is 4. The van der Waals surface area contributed by atoms with Gasteiger partial charge >= 0.3 is 0 Å². The van der Waals surface area contributed by atoms with E-state index in [1.165, 1.54) is 64.7 Å². The van der Waals surface area contributed by atoms with Gasteiger partial charge in [-0.1, -0.05) is 90.8 Å². The molecule has 1 atom stereocenters. The van der Waals surface area contributed by atoms with E-state index in [0.29, 0.717) is 0 Å². The van der Waals surface area contributed by atoms with Gasteiger partial charge < -0.3 is 0 Å².